The monoisotopic (exact) mass is 382 g/mol. The molecule has 0 aliphatic carbocycles. The van der Waals surface area contributed by atoms with Crippen LogP contribution in [-0.4, -0.2) is 42.3 Å². The second-order valence-electron chi connectivity index (χ2n) is 6.15. The number of methoxy groups -OCH3 is 1. The van der Waals surface area contributed by atoms with E-state index < -0.39 is 5.82 Å². The Morgan fingerprint density at radius 3 is 3.04 bits per heavy atom. The van der Waals surface area contributed by atoms with Gasteiger partial charge in [0, 0.05) is 19.7 Å². The van der Waals surface area contributed by atoms with Crippen molar-refractivity contribution in [2.24, 2.45) is 0 Å². The van der Waals surface area contributed by atoms with Gasteiger partial charge in [-0.25, -0.2) is 4.39 Å². The highest BCUT2D eigenvalue weighted by Crippen LogP contribution is 2.26. The van der Waals surface area contributed by atoms with Gasteiger partial charge in [0.2, 0.25) is 0 Å². The van der Waals surface area contributed by atoms with Gasteiger partial charge in [-0.05, 0) is 37.5 Å². The third-order valence-electron chi connectivity index (χ3n) is 4.29. The Kier molecular flexibility index (Phi) is 6.11. The average Bonchev–Trinajstić information content (AvgIpc) is 3.10. The highest BCUT2D eigenvalue weighted by Gasteiger charge is 2.29. The summed E-state index contributed by atoms with van der Waals surface area (Å²) >= 11 is 5.91. The topological polar surface area (TPSA) is 64.8 Å². The molecule has 0 N–H and O–H groups in total. The fourth-order valence-corrected chi connectivity index (χ4v) is 3.23. The minimum absolute atomic E-state index is 0.0349. The number of amides is 1. The van der Waals surface area contributed by atoms with Crippen LogP contribution in [0.25, 0.3) is 0 Å². The standard InChI is InChI=1S/C18H20ClFN2O4/c1-24-10-13-4-2-3-7-22(13)18(23)16-9-14(26-21-16)11-25-17-6-5-12(20)8-15(17)19/h5-6,8-9,13H,2-4,7,10-11H2,1H3/t13-/m0/s1. The molecule has 1 aliphatic rings. The summed E-state index contributed by atoms with van der Waals surface area (Å²) in [6, 6.07) is 5.46. The van der Waals surface area contributed by atoms with Gasteiger partial charge < -0.3 is 18.9 Å². The van der Waals surface area contributed by atoms with Gasteiger partial charge in [0.1, 0.15) is 18.2 Å². The molecule has 1 fully saturated rings. The zero-order chi connectivity index (χ0) is 18.5. The molecule has 0 bridgehead atoms. The molecule has 0 saturated carbocycles. The third kappa shape index (κ3) is 4.34. The number of piperidine rings is 1. The van der Waals surface area contributed by atoms with Crippen LogP contribution in [0.2, 0.25) is 5.02 Å². The van der Waals surface area contributed by atoms with E-state index in [0.29, 0.717) is 24.7 Å². The maximum absolute atomic E-state index is 13.0. The van der Waals surface area contributed by atoms with Crippen molar-refractivity contribution < 1.29 is 23.2 Å². The molecule has 0 radical (unpaired) electrons. The number of nitrogens with zero attached hydrogens (tertiary/aromatic N) is 2. The van der Waals surface area contributed by atoms with Gasteiger partial charge in [-0.1, -0.05) is 16.8 Å². The molecular formula is C18H20ClFN2O4. The van der Waals surface area contributed by atoms with Crippen molar-refractivity contribution in [1.29, 1.82) is 0 Å². The second-order valence-corrected chi connectivity index (χ2v) is 6.55. The molecule has 3 rings (SSSR count). The highest BCUT2D eigenvalue weighted by molar-refractivity contribution is 6.32. The quantitative estimate of drug-likeness (QED) is 0.762. The molecule has 0 spiro atoms. The van der Waals surface area contributed by atoms with Crippen molar-refractivity contribution >= 4 is 17.5 Å². The number of aromatic nitrogens is 1. The first-order valence-corrected chi connectivity index (χ1v) is 8.79. The number of carbonyl (C=O) groups is 1. The van der Waals surface area contributed by atoms with E-state index >= 15 is 0 Å². The van der Waals surface area contributed by atoms with Gasteiger partial charge in [-0.15, -0.1) is 0 Å². The fraction of sp³-hybridized carbons (Fsp3) is 0.444. The number of rotatable bonds is 6. The Labute approximate surface area is 155 Å². The Morgan fingerprint density at radius 1 is 1.42 bits per heavy atom. The number of benzene rings is 1. The van der Waals surface area contributed by atoms with Crippen LogP contribution in [0.1, 0.15) is 35.5 Å². The lowest BCUT2D eigenvalue weighted by molar-refractivity contribution is 0.0419. The largest absolute Gasteiger partial charge is 0.484 e. The Balaban J connectivity index is 1.64. The molecule has 1 aromatic heterocycles. The minimum atomic E-state index is -0.443. The minimum Gasteiger partial charge on any atom is -0.484 e. The number of hydrogen-bond acceptors (Lipinski definition) is 5. The van der Waals surface area contributed by atoms with Gasteiger partial charge in [-0.3, -0.25) is 4.79 Å². The summed E-state index contributed by atoms with van der Waals surface area (Å²) in [6.07, 6.45) is 2.95. The predicted molar refractivity (Wildman–Crippen MR) is 92.8 cm³/mol. The van der Waals surface area contributed by atoms with Crippen LogP contribution in [0.4, 0.5) is 4.39 Å². The van der Waals surface area contributed by atoms with E-state index in [1.54, 1.807) is 18.1 Å². The number of halogens is 2. The second kappa shape index (κ2) is 8.51. The van der Waals surface area contributed by atoms with Gasteiger partial charge in [0.05, 0.1) is 17.7 Å². The van der Waals surface area contributed by atoms with E-state index in [1.165, 1.54) is 18.2 Å². The van der Waals surface area contributed by atoms with Crippen molar-refractivity contribution in [1.82, 2.24) is 10.1 Å². The molecule has 1 atom stereocenters. The Hall–Kier alpha value is -2.12. The molecular weight excluding hydrogens is 363 g/mol. The van der Waals surface area contributed by atoms with E-state index in [4.69, 9.17) is 25.6 Å². The molecule has 6 nitrogen and oxygen atoms in total. The Bertz CT molecular complexity index is 765. The van der Waals surface area contributed by atoms with Crippen LogP contribution >= 0.6 is 11.6 Å². The van der Waals surface area contributed by atoms with Crippen LogP contribution in [0.5, 0.6) is 5.75 Å². The van der Waals surface area contributed by atoms with Gasteiger partial charge >= 0.3 is 0 Å². The molecule has 2 heterocycles. The molecule has 1 aromatic carbocycles. The van der Waals surface area contributed by atoms with E-state index in [9.17, 15) is 9.18 Å². The zero-order valence-corrected chi connectivity index (χ0v) is 15.2. The van der Waals surface area contributed by atoms with E-state index in [0.717, 1.165) is 19.3 Å². The van der Waals surface area contributed by atoms with E-state index in [-0.39, 0.29) is 29.3 Å². The van der Waals surface area contributed by atoms with Crippen LogP contribution < -0.4 is 4.74 Å². The maximum atomic E-state index is 13.0. The maximum Gasteiger partial charge on any atom is 0.276 e. The smallest absolute Gasteiger partial charge is 0.276 e. The van der Waals surface area contributed by atoms with Crippen LogP contribution in [0.3, 0.4) is 0 Å². The van der Waals surface area contributed by atoms with Crippen molar-refractivity contribution in [3.05, 3.63) is 46.6 Å². The van der Waals surface area contributed by atoms with Crippen molar-refractivity contribution in [3.63, 3.8) is 0 Å². The van der Waals surface area contributed by atoms with Crippen molar-refractivity contribution in [2.75, 3.05) is 20.3 Å². The van der Waals surface area contributed by atoms with Gasteiger partial charge in [0.25, 0.3) is 5.91 Å². The average molecular weight is 383 g/mol. The molecule has 1 saturated heterocycles. The highest BCUT2D eigenvalue weighted by atomic mass is 35.5. The number of ether oxygens (including phenoxy) is 2. The first-order valence-electron chi connectivity index (χ1n) is 8.42. The van der Waals surface area contributed by atoms with Crippen LogP contribution in [0, 0.1) is 5.82 Å². The first kappa shape index (κ1) is 18.7. The predicted octanol–water partition coefficient (Wildman–Crippen LogP) is 3.69. The zero-order valence-electron chi connectivity index (χ0n) is 14.4. The molecule has 0 unspecified atom stereocenters. The summed E-state index contributed by atoms with van der Waals surface area (Å²) < 4.78 is 28.9. The molecule has 1 amide bonds. The van der Waals surface area contributed by atoms with Gasteiger partial charge in [-0.2, -0.15) is 0 Å². The summed E-state index contributed by atoms with van der Waals surface area (Å²) in [6.45, 7) is 1.21. The fourth-order valence-electron chi connectivity index (χ4n) is 3.00. The number of carbonyl (C=O) groups excluding carboxylic acids is 1. The third-order valence-corrected chi connectivity index (χ3v) is 4.58. The summed E-state index contributed by atoms with van der Waals surface area (Å²) in [5.74, 6) is 0.0891. The SMILES string of the molecule is COC[C@@H]1CCCCN1C(=O)c1cc(COc2ccc(F)cc2Cl)on1. The number of likely N-dealkylation sites (tertiary alicyclic amines) is 1. The summed E-state index contributed by atoms with van der Waals surface area (Å²) in [5, 5.41) is 4.02. The molecule has 1 aliphatic heterocycles. The Morgan fingerprint density at radius 2 is 2.27 bits per heavy atom. The lowest BCUT2D eigenvalue weighted by Gasteiger charge is -2.34. The van der Waals surface area contributed by atoms with Crippen molar-refractivity contribution in [2.45, 2.75) is 31.9 Å². The normalized spacial score (nSPS) is 17.3. The van der Waals surface area contributed by atoms with Crippen molar-refractivity contribution in [3.8, 4) is 5.75 Å². The molecule has 26 heavy (non-hydrogen) atoms. The lowest BCUT2D eigenvalue weighted by atomic mass is 10.0. The van der Waals surface area contributed by atoms with E-state index in [1.807, 2.05) is 0 Å². The summed E-state index contributed by atoms with van der Waals surface area (Å²) in [4.78, 5) is 14.5. The molecule has 2 aromatic rings. The van der Waals surface area contributed by atoms with Gasteiger partial charge in [0.15, 0.2) is 11.5 Å². The van der Waals surface area contributed by atoms with Crippen LogP contribution in [0.15, 0.2) is 28.8 Å². The summed E-state index contributed by atoms with van der Waals surface area (Å²) in [5.41, 5.74) is 0.233. The molecule has 8 heteroatoms. The van der Waals surface area contributed by atoms with Crippen LogP contribution in [-0.2, 0) is 11.3 Å². The van der Waals surface area contributed by atoms with E-state index in [2.05, 4.69) is 5.16 Å². The first-order chi connectivity index (χ1) is 12.6. The number of hydrogen-bond donors (Lipinski definition) is 0. The lowest BCUT2D eigenvalue weighted by Crippen LogP contribution is -2.46. The molecule has 140 valence electrons. The summed E-state index contributed by atoms with van der Waals surface area (Å²) in [7, 11) is 1.63.